The van der Waals surface area contributed by atoms with Crippen molar-refractivity contribution in [1.29, 1.82) is 0 Å². The Morgan fingerprint density at radius 3 is 2.72 bits per heavy atom. The predicted molar refractivity (Wildman–Crippen MR) is 92.0 cm³/mol. The van der Waals surface area contributed by atoms with Crippen molar-refractivity contribution in [3.63, 3.8) is 0 Å². The van der Waals surface area contributed by atoms with Crippen LogP contribution in [-0.4, -0.2) is 51.3 Å². The van der Waals surface area contributed by atoms with Crippen LogP contribution in [0.15, 0.2) is 9.05 Å². The van der Waals surface area contributed by atoms with Crippen LogP contribution in [0.4, 0.5) is 0 Å². The molecule has 2 fully saturated rings. The van der Waals surface area contributed by atoms with Crippen molar-refractivity contribution in [3.05, 3.63) is 28.7 Å². The fraction of sp³-hybridized carbons (Fsp3) is 0.722. The smallest absolute Gasteiger partial charge is 0.229 e. The highest BCUT2D eigenvalue weighted by Crippen LogP contribution is 2.38. The molecule has 1 saturated carbocycles. The molecule has 3 heterocycles. The Bertz CT molecular complexity index is 701. The first kappa shape index (κ1) is 16.7. The molecule has 1 unspecified atom stereocenters. The largest absolute Gasteiger partial charge is 0.361 e. The summed E-state index contributed by atoms with van der Waals surface area (Å²) in [5, 5.41) is 8.23. The van der Waals surface area contributed by atoms with Crippen molar-refractivity contribution in [2.75, 3.05) is 20.1 Å². The maximum Gasteiger partial charge on any atom is 0.229 e. The van der Waals surface area contributed by atoms with E-state index in [9.17, 15) is 0 Å². The lowest BCUT2D eigenvalue weighted by molar-refractivity contribution is 0.104. The van der Waals surface area contributed by atoms with Crippen LogP contribution >= 0.6 is 0 Å². The molecule has 1 aliphatic heterocycles. The quantitative estimate of drug-likeness (QED) is 0.797. The Labute approximate surface area is 148 Å². The topological polar surface area (TPSA) is 71.4 Å². The Hall–Kier alpha value is -1.73. The minimum atomic E-state index is 0.525. The Balaban J connectivity index is 1.35. The van der Waals surface area contributed by atoms with E-state index < -0.39 is 0 Å². The minimum absolute atomic E-state index is 0.525. The molecule has 136 valence electrons. The molecule has 7 nitrogen and oxygen atoms in total. The van der Waals surface area contributed by atoms with Gasteiger partial charge in [-0.1, -0.05) is 10.3 Å². The number of rotatable bonds is 6. The summed E-state index contributed by atoms with van der Waals surface area (Å²) in [4.78, 5) is 9.43. The molecular weight excluding hydrogens is 318 g/mol. The second-order valence-corrected chi connectivity index (χ2v) is 7.57. The van der Waals surface area contributed by atoms with Gasteiger partial charge in [-0.25, -0.2) is 0 Å². The van der Waals surface area contributed by atoms with E-state index in [1.54, 1.807) is 0 Å². The first-order chi connectivity index (χ1) is 12.1. The zero-order chi connectivity index (χ0) is 17.4. The number of likely N-dealkylation sites (tertiary alicyclic amines) is 1. The van der Waals surface area contributed by atoms with E-state index in [0.717, 1.165) is 49.3 Å². The van der Waals surface area contributed by atoms with E-state index in [0.29, 0.717) is 12.0 Å². The Morgan fingerprint density at radius 1 is 1.16 bits per heavy atom. The molecule has 1 saturated heterocycles. The van der Waals surface area contributed by atoms with Crippen LogP contribution in [-0.2, 0) is 13.1 Å². The van der Waals surface area contributed by atoms with Crippen LogP contribution in [0.1, 0.15) is 60.3 Å². The number of aryl methyl sites for hydroxylation is 2. The molecule has 4 rings (SSSR count). The van der Waals surface area contributed by atoms with Gasteiger partial charge in [0.2, 0.25) is 5.89 Å². The predicted octanol–water partition coefficient (Wildman–Crippen LogP) is 2.65. The van der Waals surface area contributed by atoms with Gasteiger partial charge in [0.25, 0.3) is 0 Å². The third-order valence-electron chi connectivity index (χ3n) is 5.47. The van der Waals surface area contributed by atoms with Crippen molar-refractivity contribution in [2.24, 2.45) is 0 Å². The lowest BCUT2D eigenvalue weighted by Crippen LogP contribution is -2.46. The molecule has 25 heavy (non-hydrogen) atoms. The highest BCUT2D eigenvalue weighted by atomic mass is 16.5. The normalized spacial score (nSPS) is 22.0. The van der Waals surface area contributed by atoms with Crippen LogP contribution in [0.3, 0.4) is 0 Å². The minimum Gasteiger partial charge on any atom is -0.361 e. The van der Waals surface area contributed by atoms with Crippen LogP contribution < -0.4 is 0 Å². The number of piperidine rings is 1. The van der Waals surface area contributed by atoms with E-state index in [1.807, 2.05) is 13.8 Å². The third kappa shape index (κ3) is 3.77. The summed E-state index contributed by atoms with van der Waals surface area (Å²) in [6, 6.07) is 0.525. The van der Waals surface area contributed by atoms with Gasteiger partial charge in [0.15, 0.2) is 5.82 Å². The summed E-state index contributed by atoms with van der Waals surface area (Å²) in [5.74, 6) is 3.11. The maximum atomic E-state index is 5.39. The van der Waals surface area contributed by atoms with Gasteiger partial charge in [-0.3, -0.25) is 9.80 Å². The molecule has 0 radical (unpaired) electrons. The summed E-state index contributed by atoms with van der Waals surface area (Å²) in [6.07, 6.45) is 4.81. The second-order valence-electron chi connectivity index (χ2n) is 7.57. The zero-order valence-corrected chi connectivity index (χ0v) is 15.4. The average molecular weight is 345 g/mol. The fourth-order valence-electron chi connectivity index (χ4n) is 3.67. The molecule has 1 aliphatic carbocycles. The molecule has 0 aromatic carbocycles. The van der Waals surface area contributed by atoms with E-state index in [1.165, 1.54) is 31.2 Å². The summed E-state index contributed by atoms with van der Waals surface area (Å²) < 4.78 is 10.7. The Morgan fingerprint density at radius 2 is 2.00 bits per heavy atom. The standard InChI is InChI=1S/C18H27N5O2/c1-12-16(13(2)24-20-12)10-22(3)15-5-4-8-23(9-15)11-17-19-18(25-21-17)14-6-7-14/h14-15H,4-11H2,1-3H3. The van der Waals surface area contributed by atoms with Gasteiger partial charge in [0.05, 0.1) is 12.2 Å². The molecule has 2 aliphatic rings. The number of nitrogens with zero attached hydrogens (tertiary/aromatic N) is 5. The lowest BCUT2D eigenvalue weighted by atomic mass is 10.0. The number of aromatic nitrogens is 3. The van der Waals surface area contributed by atoms with Crippen molar-refractivity contribution in [1.82, 2.24) is 25.1 Å². The van der Waals surface area contributed by atoms with Gasteiger partial charge in [0.1, 0.15) is 5.76 Å². The summed E-state index contributed by atoms with van der Waals surface area (Å²) in [5.41, 5.74) is 2.21. The van der Waals surface area contributed by atoms with E-state index in [2.05, 4.69) is 32.1 Å². The molecule has 0 N–H and O–H groups in total. The molecule has 0 spiro atoms. The zero-order valence-electron chi connectivity index (χ0n) is 15.4. The maximum absolute atomic E-state index is 5.39. The third-order valence-corrected chi connectivity index (χ3v) is 5.47. The van der Waals surface area contributed by atoms with Gasteiger partial charge in [-0.05, 0) is 53.1 Å². The monoisotopic (exact) mass is 345 g/mol. The van der Waals surface area contributed by atoms with Crippen molar-refractivity contribution >= 4 is 0 Å². The molecule has 7 heteroatoms. The molecular formula is C18H27N5O2. The van der Waals surface area contributed by atoms with Gasteiger partial charge in [0, 0.05) is 30.6 Å². The summed E-state index contributed by atoms with van der Waals surface area (Å²) >= 11 is 0. The average Bonchev–Trinajstić information content (AvgIpc) is 3.29. The van der Waals surface area contributed by atoms with Crippen molar-refractivity contribution in [2.45, 2.75) is 64.6 Å². The van der Waals surface area contributed by atoms with Crippen LogP contribution in [0.2, 0.25) is 0 Å². The molecule has 1 atom stereocenters. The van der Waals surface area contributed by atoms with Gasteiger partial charge < -0.3 is 9.05 Å². The first-order valence-electron chi connectivity index (χ1n) is 9.27. The van der Waals surface area contributed by atoms with E-state index >= 15 is 0 Å². The van der Waals surface area contributed by atoms with Crippen LogP contribution in [0.25, 0.3) is 0 Å². The molecule has 0 bridgehead atoms. The highest BCUT2D eigenvalue weighted by Gasteiger charge is 2.30. The highest BCUT2D eigenvalue weighted by molar-refractivity contribution is 5.20. The molecule has 2 aromatic rings. The number of likely N-dealkylation sites (N-methyl/N-ethyl adjacent to an activating group) is 1. The number of hydrogen-bond acceptors (Lipinski definition) is 7. The number of hydrogen-bond donors (Lipinski definition) is 0. The second kappa shape index (κ2) is 6.88. The molecule has 0 amide bonds. The van der Waals surface area contributed by atoms with Crippen molar-refractivity contribution in [3.8, 4) is 0 Å². The van der Waals surface area contributed by atoms with Gasteiger partial charge >= 0.3 is 0 Å². The van der Waals surface area contributed by atoms with Gasteiger partial charge in [-0.2, -0.15) is 4.98 Å². The fourth-order valence-corrected chi connectivity index (χ4v) is 3.67. The van der Waals surface area contributed by atoms with Crippen molar-refractivity contribution < 1.29 is 9.05 Å². The van der Waals surface area contributed by atoms with E-state index in [4.69, 9.17) is 9.05 Å². The Kier molecular flexibility index (Phi) is 4.60. The lowest BCUT2D eigenvalue weighted by Gasteiger charge is -2.37. The van der Waals surface area contributed by atoms with Gasteiger partial charge in [-0.15, -0.1) is 0 Å². The van der Waals surface area contributed by atoms with Crippen LogP contribution in [0.5, 0.6) is 0 Å². The van der Waals surface area contributed by atoms with E-state index in [-0.39, 0.29) is 0 Å². The first-order valence-corrected chi connectivity index (χ1v) is 9.27. The molecule has 2 aromatic heterocycles. The SMILES string of the molecule is Cc1noc(C)c1CN(C)C1CCCN(Cc2noc(C3CC3)n2)C1. The summed E-state index contributed by atoms with van der Waals surface area (Å²) in [7, 11) is 2.19. The van der Waals surface area contributed by atoms with Crippen LogP contribution in [0, 0.1) is 13.8 Å². The summed E-state index contributed by atoms with van der Waals surface area (Å²) in [6.45, 7) is 7.81.